The van der Waals surface area contributed by atoms with E-state index >= 15 is 0 Å². The van der Waals surface area contributed by atoms with Crippen molar-refractivity contribution < 1.29 is 0 Å². The monoisotopic (exact) mass is 513 g/mol. The Labute approximate surface area is 231 Å². The van der Waals surface area contributed by atoms with Gasteiger partial charge in [0.1, 0.15) is 0 Å². The first kappa shape index (κ1) is 22.4. The van der Waals surface area contributed by atoms with E-state index in [0.717, 1.165) is 45.0 Å². The van der Waals surface area contributed by atoms with Gasteiger partial charge in [-0.15, -0.1) is 0 Å². The lowest BCUT2D eigenvalue weighted by molar-refractivity contribution is 1.02. The molecule has 3 heterocycles. The second kappa shape index (κ2) is 9.03. The van der Waals surface area contributed by atoms with Crippen LogP contribution in [0.3, 0.4) is 0 Å². The van der Waals surface area contributed by atoms with E-state index in [-0.39, 0.29) is 0 Å². The van der Waals surface area contributed by atoms with Crippen molar-refractivity contribution in [2.24, 2.45) is 0 Å². The maximum Gasteiger partial charge on any atom is 0.238 e. The number of nitrogens with zero attached hydrogens (tertiary/aromatic N) is 5. The smallest absolute Gasteiger partial charge is 0.238 e. The quantitative estimate of drug-likeness (QED) is 0.237. The summed E-state index contributed by atoms with van der Waals surface area (Å²) < 4.78 is 2.35. The Balaban J connectivity index is 1.45. The Morgan fingerprint density at radius 3 is 1.70 bits per heavy atom. The highest BCUT2D eigenvalue weighted by Crippen LogP contribution is 2.48. The second-order valence-corrected chi connectivity index (χ2v) is 9.78. The molecule has 8 rings (SSSR count). The summed E-state index contributed by atoms with van der Waals surface area (Å²) in [5, 5.41) is 1.20. The van der Waals surface area contributed by atoms with Crippen LogP contribution >= 0.6 is 0 Å². The van der Waals surface area contributed by atoms with Crippen LogP contribution in [0.25, 0.3) is 50.6 Å². The summed E-state index contributed by atoms with van der Waals surface area (Å²) in [7, 11) is 0. The van der Waals surface area contributed by atoms with Gasteiger partial charge >= 0.3 is 0 Å². The molecule has 40 heavy (non-hydrogen) atoms. The molecule has 5 nitrogen and oxygen atoms in total. The van der Waals surface area contributed by atoms with Crippen LogP contribution in [0.15, 0.2) is 140 Å². The van der Waals surface area contributed by atoms with Gasteiger partial charge in [0.25, 0.3) is 0 Å². The van der Waals surface area contributed by atoms with E-state index in [1.807, 2.05) is 60.7 Å². The SMILES string of the molecule is c1ccc(-c2nc(-c3ccccc3)nc(N3c4ccccc4-c4cc5ccccc5n4-c4ccccc43)n2)cc1. The van der Waals surface area contributed by atoms with Crippen molar-refractivity contribution in [3.8, 4) is 39.7 Å². The van der Waals surface area contributed by atoms with E-state index in [9.17, 15) is 0 Å². The Kier molecular flexibility index (Phi) is 5.07. The number of aromatic nitrogens is 4. The van der Waals surface area contributed by atoms with E-state index in [0.29, 0.717) is 17.6 Å². The summed E-state index contributed by atoms with van der Waals surface area (Å²) in [4.78, 5) is 17.3. The third-order valence-corrected chi connectivity index (χ3v) is 7.38. The molecule has 0 fully saturated rings. The highest BCUT2D eigenvalue weighted by atomic mass is 15.3. The van der Waals surface area contributed by atoms with Gasteiger partial charge in [-0.2, -0.15) is 9.97 Å². The Bertz CT molecular complexity index is 1950. The van der Waals surface area contributed by atoms with Gasteiger partial charge < -0.3 is 4.57 Å². The lowest BCUT2D eigenvalue weighted by atomic mass is 10.1. The molecule has 0 amide bonds. The van der Waals surface area contributed by atoms with Crippen molar-refractivity contribution in [3.63, 3.8) is 0 Å². The molecule has 0 unspecified atom stereocenters. The Morgan fingerprint density at radius 2 is 1.00 bits per heavy atom. The summed E-state index contributed by atoms with van der Waals surface area (Å²) in [5.41, 5.74) is 8.37. The van der Waals surface area contributed by atoms with Crippen LogP contribution in [0.5, 0.6) is 0 Å². The number of rotatable bonds is 3. The average Bonchev–Trinajstić information content (AvgIpc) is 3.36. The molecule has 0 radical (unpaired) electrons. The van der Waals surface area contributed by atoms with Gasteiger partial charge in [0.05, 0.1) is 28.3 Å². The summed E-state index contributed by atoms with van der Waals surface area (Å²) in [6.45, 7) is 0. The molecule has 1 aliphatic heterocycles. The van der Waals surface area contributed by atoms with Crippen LogP contribution in [0.4, 0.5) is 17.3 Å². The minimum absolute atomic E-state index is 0.572. The average molecular weight is 514 g/mol. The van der Waals surface area contributed by atoms with Gasteiger partial charge in [-0.3, -0.25) is 4.90 Å². The molecule has 5 heteroatoms. The maximum atomic E-state index is 5.10. The number of anilines is 3. The van der Waals surface area contributed by atoms with E-state index in [2.05, 4.69) is 88.3 Å². The molecule has 7 aromatic rings. The van der Waals surface area contributed by atoms with Gasteiger partial charge in [-0.05, 0) is 30.3 Å². The molecule has 0 atom stereocenters. The maximum absolute atomic E-state index is 5.10. The molecule has 188 valence electrons. The first-order valence-corrected chi connectivity index (χ1v) is 13.3. The first-order valence-electron chi connectivity index (χ1n) is 13.3. The second-order valence-electron chi connectivity index (χ2n) is 9.78. The highest BCUT2D eigenvalue weighted by molar-refractivity contribution is 5.98. The normalized spacial score (nSPS) is 11.9. The van der Waals surface area contributed by atoms with Crippen LogP contribution < -0.4 is 4.90 Å². The predicted octanol–water partition coefficient (Wildman–Crippen LogP) is 8.60. The number of para-hydroxylation sites is 4. The minimum atomic E-state index is 0.572. The molecule has 5 aromatic carbocycles. The third-order valence-electron chi connectivity index (χ3n) is 7.38. The highest BCUT2D eigenvalue weighted by Gasteiger charge is 2.29. The predicted molar refractivity (Wildman–Crippen MR) is 161 cm³/mol. The van der Waals surface area contributed by atoms with Crippen LogP contribution in [-0.4, -0.2) is 19.5 Å². The van der Waals surface area contributed by atoms with Crippen LogP contribution in [-0.2, 0) is 0 Å². The fourth-order valence-electron chi connectivity index (χ4n) is 5.58. The summed E-state index contributed by atoms with van der Waals surface area (Å²) in [6.07, 6.45) is 0. The molecule has 2 aromatic heterocycles. The van der Waals surface area contributed by atoms with Gasteiger partial charge in [0.2, 0.25) is 5.95 Å². The van der Waals surface area contributed by atoms with Gasteiger partial charge in [0.15, 0.2) is 11.6 Å². The molecule has 0 saturated carbocycles. The molecule has 1 aliphatic rings. The Morgan fingerprint density at radius 1 is 0.450 bits per heavy atom. The molecule has 0 N–H and O–H groups in total. The van der Waals surface area contributed by atoms with Crippen LogP contribution in [0.1, 0.15) is 0 Å². The lowest BCUT2D eigenvalue weighted by Gasteiger charge is -2.25. The van der Waals surface area contributed by atoms with E-state index < -0.39 is 0 Å². The van der Waals surface area contributed by atoms with E-state index in [4.69, 9.17) is 15.0 Å². The molecular formula is C35H23N5. The van der Waals surface area contributed by atoms with Crippen molar-refractivity contribution in [3.05, 3.63) is 140 Å². The molecule has 0 bridgehead atoms. The van der Waals surface area contributed by atoms with Gasteiger partial charge in [-0.1, -0.05) is 109 Å². The van der Waals surface area contributed by atoms with E-state index in [1.54, 1.807) is 0 Å². The van der Waals surface area contributed by atoms with E-state index in [1.165, 1.54) is 5.39 Å². The van der Waals surface area contributed by atoms with Crippen molar-refractivity contribution >= 4 is 28.2 Å². The summed E-state index contributed by atoms with van der Waals surface area (Å²) in [6, 6.07) is 48.0. The largest absolute Gasteiger partial charge is 0.307 e. The summed E-state index contributed by atoms with van der Waals surface area (Å²) >= 11 is 0. The number of benzene rings is 5. The van der Waals surface area contributed by atoms with Gasteiger partial charge in [-0.25, -0.2) is 4.98 Å². The molecule has 0 aliphatic carbocycles. The standard InChI is InChI=1S/C35H23N5/c1-3-13-24(14-4-1)33-36-34(25-15-5-2-6-16-25)38-35(37-33)40-29-20-10-8-18-27(29)32-23-26-17-7-9-19-28(26)39(32)30-21-11-12-22-31(30)40/h1-23H. The van der Waals surface area contributed by atoms with Gasteiger partial charge in [0, 0.05) is 22.1 Å². The van der Waals surface area contributed by atoms with Crippen molar-refractivity contribution in [2.75, 3.05) is 4.90 Å². The van der Waals surface area contributed by atoms with Crippen molar-refractivity contribution in [1.29, 1.82) is 0 Å². The first-order chi connectivity index (χ1) is 19.8. The number of fused-ring (bicyclic) bond motifs is 7. The minimum Gasteiger partial charge on any atom is -0.307 e. The molecule has 0 saturated heterocycles. The fraction of sp³-hybridized carbons (Fsp3) is 0. The van der Waals surface area contributed by atoms with Crippen LogP contribution in [0, 0.1) is 0 Å². The van der Waals surface area contributed by atoms with Crippen LogP contribution in [0.2, 0.25) is 0 Å². The fourth-order valence-corrected chi connectivity index (χ4v) is 5.58. The lowest BCUT2D eigenvalue weighted by Crippen LogP contribution is -2.16. The zero-order valence-corrected chi connectivity index (χ0v) is 21.5. The molecule has 0 spiro atoms. The summed E-state index contributed by atoms with van der Waals surface area (Å²) in [5.74, 6) is 1.84. The number of hydrogen-bond donors (Lipinski definition) is 0. The third kappa shape index (κ3) is 3.52. The van der Waals surface area contributed by atoms with Crippen molar-refractivity contribution in [2.45, 2.75) is 0 Å². The van der Waals surface area contributed by atoms with Crippen molar-refractivity contribution in [1.82, 2.24) is 19.5 Å². The number of hydrogen-bond acceptors (Lipinski definition) is 4. The molecular weight excluding hydrogens is 490 g/mol. The Hall–Kier alpha value is -5.55. The zero-order valence-electron chi connectivity index (χ0n) is 21.5. The zero-order chi connectivity index (χ0) is 26.5. The topological polar surface area (TPSA) is 46.8 Å².